The number of anilines is 2. The number of nitrogens with one attached hydrogen (secondary N) is 2. The molecule has 3 rings (SSSR count). The number of carbonyl (C=O) groups excluding carboxylic acids is 2. The number of hydrogen-bond acceptors (Lipinski definition) is 2. The van der Waals surface area contributed by atoms with Crippen LogP contribution < -0.4 is 10.6 Å². The Hall–Kier alpha value is -2.11. The Balaban J connectivity index is 1.55. The molecule has 0 heterocycles. The summed E-state index contributed by atoms with van der Waals surface area (Å²) in [5.74, 6) is -1.65. The van der Waals surface area contributed by atoms with Gasteiger partial charge in [-0.1, -0.05) is 23.2 Å². The van der Waals surface area contributed by atoms with Gasteiger partial charge in [-0.15, -0.1) is 0 Å². The highest BCUT2D eigenvalue weighted by atomic mass is 35.5. The standard InChI is InChI=1S/C17H13Cl2FN2O2/c18-14-6-5-11(7-15(14)19)22-17(24)13-8-12(13)16(23)21-10-3-1-9(20)2-4-10/h1-7,12-13H,8H2,(H,21,23)(H,22,24). The minimum atomic E-state index is -0.391. The molecule has 0 bridgehead atoms. The molecule has 0 spiro atoms. The van der Waals surface area contributed by atoms with E-state index in [0.29, 0.717) is 27.8 Å². The zero-order chi connectivity index (χ0) is 17.3. The third-order valence-corrected chi connectivity index (χ3v) is 4.50. The Bertz CT molecular complexity index is 796. The van der Waals surface area contributed by atoms with E-state index in [0.717, 1.165) is 0 Å². The minimum Gasteiger partial charge on any atom is -0.326 e. The van der Waals surface area contributed by atoms with E-state index in [9.17, 15) is 14.0 Å². The summed E-state index contributed by atoms with van der Waals surface area (Å²) in [6.07, 6.45) is 0.472. The van der Waals surface area contributed by atoms with Gasteiger partial charge in [0.1, 0.15) is 5.82 Å². The van der Waals surface area contributed by atoms with Crippen molar-refractivity contribution < 1.29 is 14.0 Å². The van der Waals surface area contributed by atoms with E-state index in [1.54, 1.807) is 18.2 Å². The lowest BCUT2D eigenvalue weighted by molar-refractivity contribution is -0.122. The van der Waals surface area contributed by atoms with Gasteiger partial charge in [-0.25, -0.2) is 4.39 Å². The summed E-state index contributed by atoms with van der Waals surface area (Å²) in [7, 11) is 0. The van der Waals surface area contributed by atoms with Crippen molar-refractivity contribution in [1.29, 1.82) is 0 Å². The van der Waals surface area contributed by atoms with Crippen LogP contribution in [-0.4, -0.2) is 11.8 Å². The predicted molar refractivity (Wildman–Crippen MR) is 91.7 cm³/mol. The molecule has 0 aromatic heterocycles. The Morgan fingerprint density at radius 3 is 2.00 bits per heavy atom. The molecule has 0 aliphatic heterocycles. The molecule has 1 saturated carbocycles. The van der Waals surface area contributed by atoms with E-state index < -0.39 is 5.92 Å². The molecule has 1 fully saturated rings. The molecular weight excluding hydrogens is 354 g/mol. The van der Waals surface area contributed by atoms with Crippen LogP contribution in [0.2, 0.25) is 10.0 Å². The van der Waals surface area contributed by atoms with Crippen LogP contribution in [-0.2, 0) is 9.59 Å². The molecule has 2 atom stereocenters. The van der Waals surface area contributed by atoms with Gasteiger partial charge >= 0.3 is 0 Å². The first kappa shape index (κ1) is 16.7. The molecular formula is C17H13Cl2FN2O2. The van der Waals surface area contributed by atoms with E-state index in [2.05, 4.69) is 10.6 Å². The molecule has 1 aliphatic rings. The summed E-state index contributed by atoms with van der Waals surface area (Å²) >= 11 is 11.7. The quantitative estimate of drug-likeness (QED) is 0.844. The number of halogens is 3. The summed E-state index contributed by atoms with van der Waals surface area (Å²) in [6.45, 7) is 0. The van der Waals surface area contributed by atoms with Crippen molar-refractivity contribution >= 4 is 46.4 Å². The summed E-state index contributed by atoms with van der Waals surface area (Å²) in [4.78, 5) is 24.3. The molecule has 24 heavy (non-hydrogen) atoms. The first-order valence-corrected chi connectivity index (χ1v) is 8.02. The molecule has 1 aliphatic carbocycles. The maximum Gasteiger partial charge on any atom is 0.228 e. The highest BCUT2D eigenvalue weighted by molar-refractivity contribution is 6.42. The third kappa shape index (κ3) is 3.86. The second-order valence-electron chi connectivity index (χ2n) is 5.56. The van der Waals surface area contributed by atoms with Crippen LogP contribution in [0.25, 0.3) is 0 Å². The summed E-state index contributed by atoms with van der Waals surface area (Å²) in [5.41, 5.74) is 1.02. The van der Waals surface area contributed by atoms with Gasteiger partial charge in [0.05, 0.1) is 21.9 Å². The molecule has 2 N–H and O–H groups in total. The van der Waals surface area contributed by atoms with E-state index >= 15 is 0 Å². The van der Waals surface area contributed by atoms with Gasteiger partial charge in [0, 0.05) is 11.4 Å². The smallest absolute Gasteiger partial charge is 0.228 e. The largest absolute Gasteiger partial charge is 0.326 e. The van der Waals surface area contributed by atoms with Crippen molar-refractivity contribution in [2.24, 2.45) is 11.8 Å². The number of rotatable bonds is 4. The van der Waals surface area contributed by atoms with Crippen LogP contribution >= 0.6 is 23.2 Å². The Kier molecular flexibility index (Phi) is 4.73. The molecule has 2 unspecified atom stereocenters. The van der Waals surface area contributed by atoms with Crippen LogP contribution in [0.15, 0.2) is 42.5 Å². The summed E-state index contributed by atoms with van der Waals surface area (Å²) < 4.78 is 12.8. The number of hydrogen-bond donors (Lipinski definition) is 2. The average molecular weight is 367 g/mol. The fourth-order valence-electron chi connectivity index (χ4n) is 2.35. The van der Waals surface area contributed by atoms with Crippen LogP contribution in [0.4, 0.5) is 15.8 Å². The van der Waals surface area contributed by atoms with Crippen LogP contribution in [0.1, 0.15) is 6.42 Å². The van der Waals surface area contributed by atoms with Crippen LogP contribution in [0, 0.1) is 17.7 Å². The lowest BCUT2D eigenvalue weighted by Crippen LogP contribution is -2.20. The number of amides is 2. The lowest BCUT2D eigenvalue weighted by Gasteiger charge is -2.07. The Morgan fingerprint density at radius 1 is 0.875 bits per heavy atom. The van der Waals surface area contributed by atoms with E-state index in [1.807, 2.05) is 0 Å². The van der Waals surface area contributed by atoms with Crippen molar-refractivity contribution in [2.45, 2.75) is 6.42 Å². The highest BCUT2D eigenvalue weighted by Crippen LogP contribution is 2.40. The average Bonchev–Trinajstić information content (AvgIpc) is 3.34. The maximum atomic E-state index is 12.8. The van der Waals surface area contributed by atoms with Gasteiger partial charge in [-0.2, -0.15) is 0 Å². The Morgan fingerprint density at radius 2 is 1.42 bits per heavy atom. The molecule has 0 radical (unpaired) electrons. The molecule has 2 aromatic rings. The van der Waals surface area contributed by atoms with Gasteiger partial charge in [0.2, 0.25) is 11.8 Å². The van der Waals surface area contributed by atoms with Crippen LogP contribution in [0.3, 0.4) is 0 Å². The van der Waals surface area contributed by atoms with Gasteiger partial charge in [0.25, 0.3) is 0 Å². The van der Waals surface area contributed by atoms with Gasteiger partial charge in [0.15, 0.2) is 0 Å². The fourth-order valence-corrected chi connectivity index (χ4v) is 2.65. The van der Waals surface area contributed by atoms with Crippen molar-refractivity contribution in [1.82, 2.24) is 0 Å². The molecule has 2 aromatic carbocycles. The zero-order valence-corrected chi connectivity index (χ0v) is 13.9. The first-order valence-electron chi connectivity index (χ1n) is 7.26. The van der Waals surface area contributed by atoms with Crippen LogP contribution in [0.5, 0.6) is 0 Å². The summed E-state index contributed by atoms with van der Waals surface area (Å²) in [6, 6.07) is 10.2. The second kappa shape index (κ2) is 6.79. The van der Waals surface area contributed by atoms with Crippen molar-refractivity contribution in [2.75, 3.05) is 10.6 Å². The van der Waals surface area contributed by atoms with Gasteiger partial charge in [-0.05, 0) is 48.9 Å². The predicted octanol–water partition coefficient (Wildman–Crippen LogP) is 4.35. The molecule has 2 amide bonds. The Labute approximate surface area is 148 Å². The molecule has 0 saturated heterocycles. The lowest BCUT2D eigenvalue weighted by atomic mass is 10.2. The van der Waals surface area contributed by atoms with Crippen molar-refractivity contribution in [3.63, 3.8) is 0 Å². The minimum absolute atomic E-state index is 0.243. The first-order chi connectivity index (χ1) is 11.4. The molecule has 124 valence electrons. The highest BCUT2D eigenvalue weighted by Gasteiger charge is 2.48. The van der Waals surface area contributed by atoms with Crippen molar-refractivity contribution in [3.05, 3.63) is 58.3 Å². The molecule has 7 heteroatoms. The SMILES string of the molecule is O=C(Nc1ccc(F)cc1)C1CC1C(=O)Nc1ccc(Cl)c(Cl)c1. The third-order valence-electron chi connectivity index (χ3n) is 3.76. The number of benzene rings is 2. The van der Waals surface area contributed by atoms with Gasteiger partial charge < -0.3 is 10.6 Å². The van der Waals surface area contributed by atoms with E-state index in [4.69, 9.17) is 23.2 Å². The molecule has 4 nitrogen and oxygen atoms in total. The maximum absolute atomic E-state index is 12.8. The van der Waals surface area contributed by atoms with Gasteiger partial charge in [-0.3, -0.25) is 9.59 Å². The second-order valence-corrected chi connectivity index (χ2v) is 6.38. The topological polar surface area (TPSA) is 58.2 Å². The fraction of sp³-hybridized carbons (Fsp3) is 0.176. The normalized spacial score (nSPS) is 18.8. The van der Waals surface area contributed by atoms with Crippen molar-refractivity contribution in [3.8, 4) is 0 Å². The monoisotopic (exact) mass is 366 g/mol. The number of carbonyl (C=O) groups is 2. The van der Waals surface area contributed by atoms with E-state index in [-0.39, 0.29) is 23.5 Å². The van der Waals surface area contributed by atoms with E-state index in [1.165, 1.54) is 24.3 Å². The zero-order valence-electron chi connectivity index (χ0n) is 12.4. The summed E-state index contributed by atoms with van der Waals surface area (Å²) in [5, 5.41) is 6.13.